The highest BCUT2D eigenvalue weighted by Gasteiger charge is 2.19. The average molecular weight is 386 g/mol. The number of esters is 1. The summed E-state index contributed by atoms with van der Waals surface area (Å²) in [5, 5.41) is 2.49. The van der Waals surface area contributed by atoms with Gasteiger partial charge in [0.15, 0.2) is 6.61 Å². The van der Waals surface area contributed by atoms with Gasteiger partial charge in [-0.1, -0.05) is 24.3 Å². The summed E-state index contributed by atoms with van der Waals surface area (Å²) in [5.41, 5.74) is 0.807. The van der Waals surface area contributed by atoms with Gasteiger partial charge in [-0.3, -0.25) is 9.59 Å². The lowest BCUT2D eigenvalue weighted by atomic mass is 10.2. The van der Waals surface area contributed by atoms with Crippen LogP contribution in [0.1, 0.15) is 12.5 Å². The van der Waals surface area contributed by atoms with Crippen LogP contribution in [0.3, 0.4) is 0 Å². The Labute approximate surface area is 165 Å². The van der Waals surface area contributed by atoms with Gasteiger partial charge in [-0.25, -0.2) is 4.79 Å². The topological polar surface area (TPSA) is 84.9 Å². The van der Waals surface area contributed by atoms with E-state index >= 15 is 0 Å². The molecule has 0 fully saturated rings. The first kappa shape index (κ1) is 22.7. The molecule has 1 atom stereocenters. The Hall–Kier alpha value is -3.35. The summed E-state index contributed by atoms with van der Waals surface area (Å²) in [4.78, 5) is 37.4. The maximum Gasteiger partial charge on any atom is 0.328 e. The van der Waals surface area contributed by atoms with Gasteiger partial charge in [0.25, 0.3) is 5.91 Å². The number of nitrogens with zero attached hydrogens (tertiary/aromatic N) is 1. The van der Waals surface area contributed by atoms with Crippen molar-refractivity contribution in [1.29, 1.82) is 0 Å². The number of nitrogens with one attached hydrogen (secondary N) is 1. The molecule has 0 aliphatic carbocycles. The number of rotatable bonds is 11. The molecule has 0 spiro atoms. The third kappa shape index (κ3) is 7.90. The molecule has 1 rings (SSSR count). The van der Waals surface area contributed by atoms with Crippen molar-refractivity contribution in [1.82, 2.24) is 10.2 Å². The first-order valence-corrected chi connectivity index (χ1v) is 8.70. The highest BCUT2D eigenvalue weighted by molar-refractivity contribution is 5.94. The Morgan fingerprint density at radius 3 is 2.29 bits per heavy atom. The highest BCUT2D eigenvalue weighted by atomic mass is 16.5. The van der Waals surface area contributed by atoms with Crippen molar-refractivity contribution >= 4 is 23.9 Å². The minimum Gasteiger partial charge on any atom is -0.497 e. The molecule has 28 heavy (non-hydrogen) atoms. The second-order valence-corrected chi connectivity index (χ2v) is 5.82. The summed E-state index contributed by atoms with van der Waals surface area (Å²) < 4.78 is 10.0. The van der Waals surface area contributed by atoms with E-state index in [0.717, 1.165) is 5.56 Å². The third-order valence-corrected chi connectivity index (χ3v) is 3.64. The molecular weight excluding hydrogens is 360 g/mol. The number of amides is 2. The molecule has 0 aromatic heterocycles. The second-order valence-electron chi connectivity index (χ2n) is 5.82. The summed E-state index contributed by atoms with van der Waals surface area (Å²) in [6, 6.07) is 6.25. The molecule has 0 unspecified atom stereocenters. The fourth-order valence-corrected chi connectivity index (χ4v) is 2.15. The summed E-state index contributed by atoms with van der Waals surface area (Å²) in [5.74, 6) is -0.804. The van der Waals surface area contributed by atoms with Gasteiger partial charge in [0.1, 0.15) is 11.8 Å². The van der Waals surface area contributed by atoms with Crippen LogP contribution in [0.2, 0.25) is 0 Å². The number of hydrogen-bond donors (Lipinski definition) is 1. The number of benzene rings is 1. The molecule has 0 saturated carbocycles. The van der Waals surface area contributed by atoms with E-state index in [1.807, 2.05) is 0 Å². The van der Waals surface area contributed by atoms with E-state index in [-0.39, 0.29) is 5.91 Å². The fraction of sp³-hybridized carbons (Fsp3) is 0.286. The fourth-order valence-electron chi connectivity index (χ4n) is 2.15. The molecule has 1 aromatic rings. The molecule has 2 amide bonds. The molecule has 150 valence electrons. The molecular formula is C21H26N2O5. The van der Waals surface area contributed by atoms with E-state index in [1.165, 1.54) is 17.9 Å². The van der Waals surface area contributed by atoms with Gasteiger partial charge >= 0.3 is 5.97 Å². The van der Waals surface area contributed by atoms with Gasteiger partial charge in [0.05, 0.1) is 7.11 Å². The average Bonchev–Trinajstić information content (AvgIpc) is 2.70. The Balaban J connectivity index is 2.48. The SMILES string of the molecule is C=CCN(CC=C)C(=O)COC(=O)[C@H](C)NC(=O)/C=C/c1ccc(OC)cc1. The normalized spacial score (nSPS) is 11.4. The number of ether oxygens (including phenoxy) is 2. The van der Waals surface area contributed by atoms with Crippen LogP contribution in [0.5, 0.6) is 5.75 Å². The number of hydrogen-bond acceptors (Lipinski definition) is 5. The summed E-state index contributed by atoms with van der Waals surface area (Å²) in [6.07, 6.45) is 6.06. The summed E-state index contributed by atoms with van der Waals surface area (Å²) in [6.45, 7) is 8.86. The van der Waals surface area contributed by atoms with Gasteiger partial charge in [0.2, 0.25) is 5.91 Å². The minimum absolute atomic E-state index is 0.324. The van der Waals surface area contributed by atoms with E-state index in [2.05, 4.69) is 18.5 Å². The Kier molecular flexibility index (Phi) is 9.82. The molecule has 0 aliphatic rings. The van der Waals surface area contributed by atoms with Crippen LogP contribution in [-0.4, -0.2) is 55.5 Å². The number of carbonyl (C=O) groups is 3. The van der Waals surface area contributed by atoms with Crippen LogP contribution in [0, 0.1) is 0 Å². The predicted octanol–water partition coefficient (Wildman–Crippen LogP) is 1.96. The first-order valence-electron chi connectivity index (χ1n) is 8.70. The van der Waals surface area contributed by atoms with Gasteiger partial charge in [-0.15, -0.1) is 13.2 Å². The highest BCUT2D eigenvalue weighted by Crippen LogP contribution is 2.12. The van der Waals surface area contributed by atoms with Crippen molar-refractivity contribution in [2.75, 3.05) is 26.8 Å². The summed E-state index contributed by atoms with van der Waals surface area (Å²) >= 11 is 0. The van der Waals surface area contributed by atoms with Crippen LogP contribution < -0.4 is 10.1 Å². The van der Waals surface area contributed by atoms with E-state index in [1.54, 1.807) is 49.6 Å². The van der Waals surface area contributed by atoms with Crippen LogP contribution in [0.15, 0.2) is 55.7 Å². The van der Waals surface area contributed by atoms with Crippen molar-refractivity contribution in [3.63, 3.8) is 0 Å². The zero-order chi connectivity index (χ0) is 20.9. The second kappa shape index (κ2) is 12.1. The maximum atomic E-state index is 12.0. The molecule has 7 heteroatoms. The van der Waals surface area contributed by atoms with Crippen molar-refractivity contribution < 1.29 is 23.9 Å². The van der Waals surface area contributed by atoms with Crippen LogP contribution in [-0.2, 0) is 19.1 Å². The molecule has 0 bridgehead atoms. The molecule has 1 aromatic carbocycles. The quantitative estimate of drug-likeness (QED) is 0.357. The van der Waals surface area contributed by atoms with Crippen molar-refractivity contribution in [2.45, 2.75) is 13.0 Å². The zero-order valence-electron chi connectivity index (χ0n) is 16.2. The number of methoxy groups -OCH3 is 1. The zero-order valence-corrected chi connectivity index (χ0v) is 16.2. The lowest BCUT2D eigenvalue weighted by molar-refractivity contribution is -0.153. The molecule has 7 nitrogen and oxygen atoms in total. The Morgan fingerprint density at radius 2 is 1.75 bits per heavy atom. The largest absolute Gasteiger partial charge is 0.497 e. The standard InChI is InChI=1S/C21H26N2O5/c1-5-13-23(14-6-2)20(25)15-28-21(26)16(3)22-19(24)12-9-17-7-10-18(27-4)11-8-17/h5-12,16H,1-2,13-15H2,3-4H3,(H,22,24)/b12-9+/t16-/m0/s1. The molecule has 0 aliphatic heterocycles. The summed E-state index contributed by atoms with van der Waals surface area (Å²) in [7, 11) is 1.57. The van der Waals surface area contributed by atoms with E-state index in [0.29, 0.717) is 18.8 Å². The monoisotopic (exact) mass is 386 g/mol. The van der Waals surface area contributed by atoms with Crippen LogP contribution >= 0.6 is 0 Å². The van der Waals surface area contributed by atoms with Crippen molar-refractivity contribution in [3.05, 3.63) is 61.2 Å². The van der Waals surface area contributed by atoms with Crippen molar-refractivity contribution in [3.8, 4) is 5.75 Å². The molecule has 1 N–H and O–H groups in total. The van der Waals surface area contributed by atoms with Gasteiger partial charge < -0.3 is 19.7 Å². The first-order chi connectivity index (χ1) is 13.4. The predicted molar refractivity (Wildman–Crippen MR) is 108 cm³/mol. The Bertz CT molecular complexity index is 715. The van der Waals surface area contributed by atoms with E-state index in [4.69, 9.17) is 9.47 Å². The Morgan fingerprint density at radius 1 is 1.14 bits per heavy atom. The van der Waals surface area contributed by atoms with Gasteiger partial charge in [-0.2, -0.15) is 0 Å². The maximum absolute atomic E-state index is 12.0. The minimum atomic E-state index is -0.895. The smallest absolute Gasteiger partial charge is 0.328 e. The van der Waals surface area contributed by atoms with Gasteiger partial charge in [-0.05, 0) is 30.7 Å². The lowest BCUT2D eigenvalue weighted by Crippen LogP contribution is -2.41. The molecule has 0 saturated heterocycles. The van der Waals surface area contributed by atoms with Crippen LogP contribution in [0.4, 0.5) is 0 Å². The molecule has 0 heterocycles. The van der Waals surface area contributed by atoms with Gasteiger partial charge in [0, 0.05) is 19.2 Å². The third-order valence-electron chi connectivity index (χ3n) is 3.64. The van der Waals surface area contributed by atoms with E-state index in [9.17, 15) is 14.4 Å². The van der Waals surface area contributed by atoms with Crippen LogP contribution in [0.25, 0.3) is 6.08 Å². The lowest BCUT2D eigenvalue weighted by Gasteiger charge is -2.19. The molecule has 0 radical (unpaired) electrons. The van der Waals surface area contributed by atoms with E-state index < -0.39 is 24.5 Å². The number of carbonyl (C=O) groups excluding carboxylic acids is 3. The van der Waals surface area contributed by atoms with Crippen molar-refractivity contribution in [2.24, 2.45) is 0 Å².